The minimum atomic E-state index is 0.0618. The number of benzene rings is 1. The van der Waals surface area contributed by atoms with Crippen LogP contribution in [0.4, 0.5) is 0 Å². The Balaban J connectivity index is 1.71. The van der Waals surface area contributed by atoms with Gasteiger partial charge in [0.15, 0.2) is 0 Å². The number of nitrogens with one attached hydrogen (secondary N) is 1. The molecule has 0 saturated carbocycles. The first-order chi connectivity index (χ1) is 8.77. The monoisotopic (exact) mass is 246 g/mol. The first kappa shape index (κ1) is 13.1. The predicted molar refractivity (Wildman–Crippen MR) is 73.4 cm³/mol. The highest BCUT2D eigenvalue weighted by Crippen LogP contribution is 2.09. The van der Waals surface area contributed by atoms with Gasteiger partial charge in [-0.3, -0.25) is 4.79 Å². The van der Waals surface area contributed by atoms with Crippen molar-refractivity contribution in [3.05, 3.63) is 35.9 Å². The summed E-state index contributed by atoms with van der Waals surface area (Å²) < 4.78 is 0. The summed E-state index contributed by atoms with van der Waals surface area (Å²) in [6, 6.07) is 10.5. The Morgan fingerprint density at radius 3 is 2.83 bits per heavy atom. The van der Waals surface area contributed by atoms with E-state index in [2.05, 4.69) is 29.6 Å². The van der Waals surface area contributed by atoms with Gasteiger partial charge in [-0.25, -0.2) is 0 Å². The lowest BCUT2D eigenvalue weighted by Gasteiger charge is -2.21. The molecule has 1 aromatic carbocycles. The largest absolute Gasteiger partial charge is 0.344 e. The van der Waals surface area contributed by atoms with Gasteiger partial charge < -0.3 is 10.2 Å². The van der Waals surface area contributed by atoms with Crippen LogP contribution in [0.3, 0.4) is 0 Å². The number of aryl methyl sites for hydroxylation is 1. The summed E-state index contributed by atoms with van der Waals surface area (Å²) in [4.78, 5) is 13.9. The van der Waals surface area contributed by atoms with Crippen molar-refractivity contribution < 1.29 is 4.79 Å². The molecule has 1 amide bonds. The van der Waals surface area contributed by atoms with E-state index >= 15 is 0 Å². The first-order valence-corrected chi connectivity index (χ1v) is 6.79. The van der Waals surface area contributed by atoms with E-state index in [1.54, 1.807) is 0 Å². The van der Waals surface area contributed by atoms with E-state index in [0.717, 1.165) is 38.8 Å². The Hall–Kier alpha value is -1.35. The zero-order valence-electron chi connectivity index (χ0n) is 11.1. The number of hydrogen-bond acceptors (Lipinski definition) is 2. The standard InChI is InChI=1S/C15H22N2O/c1-17(15(18)14-10-5-11-16-14)12-6-9-13-7-3-2-4-8-13/h2-4,7-8,14,16H,5-6,9-12H2,1H3. The zero-order chi connectivity index (χ0) is 12.8. The van der Waals surface area contributed by atoms with Gasteiger partial charge in [0.25, 0.3) is 0 Å². The van der Waals surface area contributed by atoms with Gasteiger partial charge in [-0.05, 0) is 37.8 Å². The second-order valence-corrected chi connectivity index (χ2v) is 5.00. The van der Waals surface area contributed by atoms with Crippen LogP contribution in [0.25, 0.3) is 0 Å². The second kappa shape index (κ2) is 6.55. The van der Waals surface area contributed by atoms with E-state index < -0.39 is 0 Å². The fourth-order valence-electron chi connectivity index (χ4n) is 2.44. The average molecular weight is 246 g/mol. The lowest BCUT2D eigenvalue weighted by atomic mass is 10.1. The quantitative estimate of drug-likeness (QED) is 0.859. The average Bonchev–Trinajstić information content (AvgIpc) is 2.93. The number of amides is 1. The summed E-state index contributed by atoms with van der Waals surface area (Å²) in [7, 11) is 1.91. The van der Waals surface area contributed by atoms with E-state index in [4.69, 9.17) is 0 Å². The van der Waals surface area contributed by atoms with Crippen LogP contribution in [-0.2, 0) is 11.2 Å². The van der Waals surface area contributed by atoms with Gasteiger partial charge in [0, 0.05) is 13.6 Å². The van der Waals surface area contributed by atoms with Crippen LogP contribution >= 0.6 is 0 Å². The van der Waals surface area contributed by atoms with E-state index in [1.807, 2.05) is 18.0 Å². The summed E-state index contributed by atoms with van der Waals surface area (Å²) in [6.45, 7) is 1.82. The molecular formula is C15H22N2O. The number of carbonyl (C=O) groups excluding carboxylic acids is 1. The van der Waals surface area contributed by atoms with Crippen molar-refractivity contribution in [2.45, 2.75) is 31.7 Å². The van der Waals surface area contributed by atoms with Gasteiger partial charge in [0.2, 0.25) is 5.91 Å². The first-order valence-electron chi connectivity index (χ1n) is 6.79. The minimum Gasteiger partial charge on any atom is -0.344 e. The molecule has 2 rings (SSSR count). The molecule has 1 aromatic rings. The molecule has 1 saturated heterocycles. The molecule has 0 radical (unpaired) electrons. The smallest absolute Gasteiger partial charge is 0.239 e. The van der Waals surface area contributed by atoms with Crippen LogP contribution in [0.15, 0.2) is 30.3 Å². The Morgan fingerprint density at radius 2 is 2.17 bits per heavy atom. The molecule has 0 bridgehead atoms. The second-order valence-electron chi connectivity index (χ2n) is 5.00. The van der Waals surface area contributed by atoms with Crippen molar-refractivity contribution in [3.8, 4) is 0 Å². The van der Waals surface area contributed by atoms with Gasteiger partial charge in [0.1, 0.15) is 0 Å². The molecule has 1 N–H and O–H groups in total. The number of hydrogen-bond donors (Lipinski definition) is 1. The molecule has 0 aliphatic carbocycles. The van der Waals surface area contributed by atoms with Crippen molar-refractivity contribution in [1.29, 1.82) is 0 Å². The van der Waals surface area contributed by atoms with Crippen LogP contribution < -0.4 is 5.32 Å². The third-order valence-corrected chi connectivity index (χ3v) is 3.54. The summed E-state index contributed by atoms with van der Waals surface area (Å²) in [5.41, 5.74) is 1.34. The lowest BCUT2D eigenvalue weighted by Crippen LogP contribution is -2.42. The third kappa shape index (κ3) is 3.57. The van der Waals surface area contributed by atoms with E-state index in [-0.39, 0.29) is 11.9 Å². The van der Waals surface area contributed by atoms with Crippen LogP contribution in [0.5, 0.6) is 0 Å². The summed E-state index contributed by atoms with van der Waals surface area (Å²) in [5, 5.41) is 3.25. The molecule has 0 aromatic heterocycles. The van der Waals surface area contributed by atoms with Crippen molar-refractivity contribution in [2.75, 3.05) is 20.1 Å². The maximum absolute atomic E-state index is 12.1. The van der Waals surface area contributed by atoms with Gasteiger partial charge >= 0.3 is 0 Å². The van der Waals surface area contributed by atoms with Crippen molar-refractivity contribution in [2.24, 2.45) is 0 Å². The van der Waals surface area contributed by atoms with E-state index in [1.165, 1.54) is 5.56 Å². The molecule has 1 aliphatic rings. The molecule has 1 atom stereocenters. The SMILES string of the molecule is CN(CCCc1ccccc1)C(=O)C1CCCN1. The van der Waals surface area contributed by atoms with Gasteiger partial charge in [-0.1, -0.05) is 30.3 Å². The molecule has 18 heavy (non-hydrogen) atoms. The predicted octanol–water partition coefficient (Wildman–Crippen LogP) is 1.83. The fourth-order valence-corrected chi connectivity index (χ4v) is 2.44. The van der Waals surface area contributed by atoms with Crippen LogP contribution in [0.1, 0.15) is 24.8 Å². The third-order valence-electron chi connectivity index (χ3n) is 3.54. The van der Waals surface area contributed by atoms with Crippen LogP contribution in [0, 0.1) is 0 Å². The van der Waals surface area contributed by atoms with E-state index in [0.29, 0.717) is 0 Å². The Labute approximate surface area is 109 Å². The molecule has 98 valence electrons. The minimum absolute atomic E-state index is 0.0618. The number of rotatable bonds is 5. The summed E-state index contributed by atoms with van der Waals surface area (Å²) in [6.07, 6.45) is 4.17. The highest BCUT2D eigenvalue weighted by molar-refractivity contribution is 5.81. The Bertz CT molecular complexity index is 371. The van der Waals surface area contributed by atoms with E-state index in [9.17, 15) is 4.79 Å². The number of likely N-dealkylation sites (N-methyl/N-ethyl adjacent to an activating group) is 1. The molecule has 1 heterocycles. The van der Waals surface area contributed by atoms with Crippen molar-refractivity contribution >= 4 is 5.91 Å². The highest BCUT2D eigenvalue weighted by atomic mass is 16.2. The normalized spacial score (nSPS) is 18.8. The Kier molecular flexibility index (Phi) is 4.76. The number of carbonyl (C=O) groups is 1. The molecule has 1 fully saturated rings. The van der Waals surface area contributed by atoms with Crippen molar-refractivity contribution in [1.82, 2.24) is 10.2 Å². The fraction of sp³-hybridized carbons (Fsp3) is 0.533. The molecule has 3 heteroatoms. The van der Waals surface area contributed by atoms with Gasteiger partial charge in [-0.15, -0.1) is 0 Å². The van der Waals surface area contributed by atoms with Crippen molar-refractivity contribution in [3.63, 3.8) is 0 Å². The topological polar surface area (TPSA) is 32.3 Å². The maximum atomic E-state index is 12.1. The molecule has 1 unspecified atom stereocenters. The molecule has 0 spiro atoms. The molecule has 3 nitrogen and oxygen atoms in total. The lowest BCUT2D eigenvalue weighted by molar-refractivity contribution is -0.131. The summed E-state index contributed by atoms with van der Waals surface area (Å²) >= 11 is 0. The Morgan fingerprint density at radius 1 is 1.39 bits per heavy atom. The van der Waals surface area contributed by atoms with Crippen LogP contribution in [0.2, 0.25) is 0 Å². The van der Waals surface area contributed by atoms with Gasteiger partial charge in [-0.2, -0.15) is 0 Å². The highest BCUT2D eigenvalue weighted by Gasteiger charge is 2.24. The number of nitrogens with zero attached hydrogens (tertiary/aromatic N) is 1. The molecular weight excluding hydrogens is 224 g/mol. The van der Waals surface area contributed by atoms with Crippen LogP contribution in [-0.4, -0.2) is 37.0 Å². The zero-order valence-corrected chi connectivity index (χ0v) is 11.1. The molecule has 1 aliphatic heterocycles. The summed E-state index contributed by atoms with van der Waals surface area (Å²) in [5.74, 6) is 0.251. The van der Waals surface area contributed by atoms with Gasteiger partial charge in [0.05, 0.1) is 6.04 Å². The maximum Gasteiger partial charge on any atom is 0.239 e.